The van der Waals surface area contributed by atoms with Crippen molar-refractivity contribution in [2.45, 2.75) is 6.42 Å². The first-order chi connectivity index (χ1) is 6.72. The molecule has 1 aromatic rings. The van der Waals surface area contributed by atoms with Gasteiger partial charge in [-0.05, 0) is 17.7 Å². The van der Waals surface area contributed by atoms with Gasteiger partial charge in [-0.15, -0.1) is 11.6 Å². The van der Waals surface area contributed by atoms with Gasteiger partial charge in [-0.2, -0.15) is 0 Å². The quantitative estimate of drug-likeness (QED) is 0.582. The van der Waals surface area contributed by atoms with Crippen LogP contribution in [0.15, 0.2) is 24.3 Å². The molecule has 0 heterocycles. The van der Waals surface area contributed by atoms with Crippen molar-refractivity contribution in [3.63, 3.8) is 0 Å². The summed E-state index contributed by atoms with van der Waals surface area (Å²) in [4.78, 5) is 11.3. The first-order valence-electron chi connectivity index (χ1n) is 4.39. The largest absolute Gasteiger partial charge is 0.399 e. The molecular formula is C10H13ClN2O. The van der Waals surface area contributed by atoms with E-state index in [9.17, 15) is 4.79 Å². The van der Waals surface area contributed by atoms with E-state index in [2.05, 4.69) is 5.32 Å². The van der Waals surface area contributed by atoms with Gasteiger partial charge in [0.25, 0.3) is 0 Å². The van der Waals surface area contributed by atoms with Crippen LogP contribution in [0.3, 0.4) is 0 Å². The Morgan fingerprint density at radius 2 is 2.29 bits per heavy atom. The maximum Gasteiger partial charge on any atom is 0.224 e. The number of amides is 1. The van der Waals surface area contributed by atoms with E-state index >= 15 is 0 Å². The molecule has 0 aliphatic heterocycles. The van der Waals surface area contributed by atoms with Crippen molar-refractivity contribution in [2.24, 2.45) is 0 Å². The molecule has 1 rings (SSSR count). The van der Waals surface area contributed by atoms with E-state index in [1.54, 1.807) is 12.1 Å². The van der Waals surface area contributed by atoms with Gasteiger partial charge in [0.1, 0.15) is 0 Å². The molecule has 0 aliphatic rings. The number of alkyl halides is 1. The Balaban J connectivity index is 2.47. The lowest BCUT2D eigenvalue weighted by Crippen LogP contribution is -2.26. The molecule has 0 radical (unpaired) electrons. The van der Waals surface area contributed by atoms with Crippen LogP contribution in [0.5, 0.6) is 0 Å². The summed E-state index contributed by atoms with van der Waals surface area (Å²) >= 11 is 5.44. The Bertz CT molecular complexity index is 315. The topological polar surface area (TPSA) is 55.1 Å². The molecule has 0 atom stereocenters. The molecule has 0 saturated heterocycles. The monoisotopic (exact) mass is 212 g/mol. The lowest BCUT2D eigenvalue weighted by molar-refractivity contribution is -0.120. The molecule has 0 aliphatic carbocycles. The number of benzene rings is 1. The van der Waals surface area contributed by atoms with Crippen LogP contribution in [0, 0.1) is 0 Å². The molecule has 0 unspecified atom stereocenters. The van der Waals surface area contributed by atoms with Gasteiger partial charge in [0.15, 0.2) is 0 Å². The molecule has 0 saturated carbocycles. The second-order valence-corrected chi connectivity index (χ2v) is 3.34. The maximum absolute atomic E-state index is 11.3. The number of halogens is 1. The van der Waals surface area contributed by atoms with Gasteiger partial charge in [0, 0.05) is 18.1 Å². The fourth-order valence-corrected chi connectivity index (χ4v) is 1.23. The highest BCUT2D eigenvalue weighted by atomic mass is 35.5. The minimum absolute atomic E-state index is 0.0312. The van der Waals surface area contributed by atoms with E-state index in [-0.39, 0.29) is 5.91 Å². The number of rotatable bonds is 4. The van der Waals surface area contributed by atoms with Crippen molar-refractivity contribution in [3.05, 3.63) is 29.8 Å². The molecule has 1 aromatic carbocycles. The van der Waals surface area contributed by atoms with Crippen molar-refractivity contribution in [1.29, 1.82) is 0 Å². The average Bonchev–Trinajstić information content (AvgIpc) is 2.15. The summed E-state index contributed by atoms with van der Waals surface area (Å²) in [5, 5.41) is 2.69. The summed E-state index contributed by atoms with van der Waals surface area (Å²) in [6, 6.07) is 7.29. The number of carbonyl (C=O) groups is 1. The van der Waals surface area contributed by atoms with E-state index in [0.29, 0.717) is 24.5 Å². The summed E-state index contributed by atoms with van der Waals surface area (Å²) in [5.41, 5.74) is 7.17. The molecule has 4 heteroatoms. The van der Waals surface area contributed by atoms with E-state index in [1.807, 2.05) is 12.1 Å². The van der Waals surface area contributed by atoms with Crippen LogP contribution in [0.2, 0.25) is 0 Å². The second-order valence-electron chi connectivity index (χ2n) is 2.96. The maximum atomic E-state index is 11.3. The standard InChI is InChI=1S/C10H13ClN2O/c11-4-5-13-10(14)7-8-2-1-3-9(12)6-8/h1-3,6H,4-5,7,12H2,(H,13,14). The van der Waals surface area contributed by atoms with Crippen molar-refractivity contribution < 1.29 is 4.79 Å². The van der Waals surface area contributed by atoms with Crippen molar-refractivity contribution >= 4 is 23.2 Å². The van der Waals surface area contributed by atoms with Gasteiger partial charge < -0.3 is 11.1 Å². The minimum atomic E-state index is -0.0312. The predicted molar refractivity (Wildman–Crippen MR) is 58.3 cm³/mol. The van der Waals surface area contributed by atoms with Gasteiger partial charge in [0.2, 0.25) is 5.91 Å². The first-order valence-corrected chi connectivity index (χ1v) is 4.93. The van der Waals surface area contributed by atoms with Gasteiger partial charge in [-0.1, -0.05) is 12.1 Å². The summed E-state index contributed by atoms with van der Waals surface area (Å²) in [5.74, 6) is 0.402. The van der Waals surface area contributed by atoms with Crippen LogP contribution in [0.25, 0.3) is 0 Å². The highest BCUT2D eigenvalue weighted by Gasteiger charge is 2.01. The first kappa shape index (κ1) is 10.9. The third-order valence-corrected chi connectivity index (χ3v) is 1.92. The molecule has 0 fully saturated rings. The highest BCUT2D eigenvalue weighted by molar-refractivity contribution is 6.18. The summed E-state index contributed by atoms with van der Waals surface area (Å²) in [6.45, 7) is 0.503. The third-order valence-electron chi connectivity index (χ3n) is 1.73. The zero-order valence-electron chi connectivity index (χ0n) is 7.79. The number of nitrogens with one attached hydrogen (secondary N) is 1. The SMILES string of the molecule is Nc1cccc(CC(=O)NCCCl)c1. The summed E-state index contributed by atoms with van der Waals surface area (Å²) in [7, 11) is 0. The molecular weight excluding hydrogens is 200 g/mol. The predicted octanol–water partition coefficient (Wildman–Crippen LogP) is 1.17. The Morgan fingerprint density at radius 1 is 1.50 bits per heavy atom. The number of carbonyl (C=O) groups excluding carboxylic acids is 1. The molecule has 0 aromatic heterocycles. The van der Waals surface area contributed by atoms with Crippen molar-refractivity contribution in [3.8, 4) is 0 Å². The third kappa shape index (κ3) is 3.66. The number of anilines is 1. The fraction of sp³-hybridized carbons (Fsp3) is 0.300. The summed E-state index contributed by atoms with van der Waals surface area (Å²) < 4.78 is 0. The smallest absolute Gasteiger partial charge is 0.224 e. The highest BCUT2D eigenvalue weighted by Crippen LogP contribution is 2.06. The molecule has 0 bridgehead atoms. The van der Waals surface area contributed by atoms with E-state index in [0.717, 1.165) is 5.56 Å². The van der Waals surface area contributed by atoms with E-state index in [4.69, 9.17) is 17.3 Å². The van der Waals surface area contributed by atoms with Gasteiger partial charge in [0.05, 0.1) is 6.42 Å². The van der Waals surface area contributed by atoms with Gasteiger partial charge in [-0.25, -0.2) is 0 Å². The van der Waals surface area contributed by atoms with Gasteiger partial charge >= 0.3 is 0 Å². The average molecular weight is 213 g/mol. The van der Waals surface area contributed by atoms with E-state index < -0.39 is 0 Å². The molecule has 3 nitrogen and oxygen atoms in total. The molecule has 3 N–H and O–H groups in total. The zero-order valence-corrected chi connectivity index (χ0v) is 8.55. The van der Waals surface area contributed by atoms with Crippen molar-refractivity contribution in [1.82, 2.24) is 5.32 Å². The second kappa shape index (κ2) is 5.50. The number of hydrogen-bond donors (Lipinski definition) is 2. The van der Waals surface area contributed by atoms with Crippen LogP contribution in [-0.2, 0) is 11.2 Å². The Kier molecular flexibility index (Phi) is 4.26. The zero-order chi connectivity index (χ0) is 10.4. The molecule has 76 valence electrons. The normalized spacial score (nSPS) is 9.79. The number of nitrogens with two attached hydrogens (primary N) is 1. The fourth-order valence-electron chi connectivity index (χ4n) is 1.14. The lowest BCUT2D eigenvalue weighted by Gasteiger charge is -2.03. The minimum Gasteiger partial charge on any atom is -0.399 e. The van der Waals surface area contributed by atoms with Crippen LogP contribution in [0.1, 0.15) is 5.56 Å². The summed E-state index contributed by atoms with van der Waals surface area (Å²) in [6.07, 6.45) is 0.349. The molecule has 0 spiro atoms. The number of hydrogen-bond acceptors (Lipinski definition) is 2. The Morgan fingerprint density at radius 3 is 2.93 bits per heavy atom. The van der Waals surface area contributed by atoms with Gasteiger partial charge in [-0.3, -0.25) is 4.79 Å². The van der Waals surface area contributed by atoms with Crippen molar-refractivity contribution in [2.75, 3.05) is 18.2 Å². The Labute approximate surface area is 88.2 Å². The van der Waals surface area contributed by atoms with Crippen LogP contribution in [-0.4, -0.2) is 18.3 Å². The Hall–Kier alpha value is -1.22. The number of nitrogen functional groups attached to an aromatic ring is 1. The van der Waals surface area contributed by atoms with E-state index in [1.165, 1.54) is 0 Å². The molecule has 14 heavy (non-hydrogen) atoms. The van der Waals surface area contributed by atoms with Crippen LogP contribution in [0.4, 0.5) is 5.69 Å². The van der Waals surface area contributed by atoms with Crippen LogP contribution < -0.4 is 11.1 Å². The van der Waals surface area contributed by atoms with Crippen LogP contribution >= 0.6 is 11.6 Å². The molecule has 1 amide bonds. The lowest BCUT2D eigenvalue weighted by atomic mass is 10.1.